The highest BCUT2D eigenvalue weighted by molar-refractivity contribution is 5.87. The Morgan fingerprint density at radius 3 is 2.74 bits per heavy atom. The molecule has 1 heterocycles. The molecule has 1 aliphatic rings. The zero-order chi connectivity index (χ0) is 22.0. The molecule has 0 unspecified atom stereocenters. The quantitative estimate of drug-likeness (QED) is 0.636. The first-order chi connectivity index (χ1) is 14.9. The van der Waals surface area contributed by atoms with Crippen LogP contribution in [0.15, 0.2) is 48.5 Å². The van der Waals surface area contributed by atoms with Gasteiger partial charge in [-0.2, -0.15) is 0 Å². The van der Waals surface area contributed by atoms with Crippen LogP contribution >= 0.6 is 0 Å². The topological polar surface area (TPSA) is 74.6 Å². The maximum atomic E-state index is 13.9. The van der Waals surface area contributed by atoms with E-state index in [9.17, 15) is 19.1 Å². The molecule has 2 N–H and O–H groups in total. The third-order valence-electron chi connectivity index (χ3n) is 6.10. The SMILES string of the molecule is CN(C(=O)NCCc1ccccc1)[C@@H]1CCc2c(c3cc(F)ccc3n2CC(=O)O)C1. The van der Waals surface area contributed by atoms with Crippen LogP contribution in [0.4, 0.5) is 9.18 Å². The van der Waals surface area contributed by atoms with Crippen molar-refractivity contribution in [1.29, 1.82) is 0 Å². The molecule has 0 spiro atoms. The van der Waals surface area contributed by atoms with E-state index in [-0.39, 0.29) is 24.4 Å². The van der Waals surface area contributed by atoms with Gasteiger partial charge in [0.05, 0.1) is 0 Å². The maximum Gasteiger partial charge on any atom is 0.323 e. The lowest BCUT2D eigenvalue weighted by Crippen LogP contribution is -2.46. The molecule has 7 heteroatoms. The van der Waals surface area contributed by atoms with E-state index in [2.05, 4.69) is 5.32 Å². The molecular formula is C24H26FN3O3. The molecule has 2 amide bonds. The Balaban J connectivity index is 1.48. The number of fused-ring (bicyclic) bond motifs is 3. The molecule has 162 valence electrons. The largest absolute Gasteiger partial charge is 0.480 e. The number of aromatic nitrogens is 1. The molecule has 0 radical (unpaired) electrons. The predicted molar refractivity (Wildman–Crippen MR) is 117 cm³/mol. The zero-order valence-electron chi connectivity index (χ0n) is 17.5. The number of benzene rings is 2. The van der Waals surface area contributed by atoms with E-state index < -0.39 is 5.97 Å². The van der Waals surface area contributed by atoms with Crippen molar-refractivity contribution in [2.45, 2.75) is 38.3 Å². The first kappa shape index (κ1) is 20.9. The molecule has 0 saturated heterocycles. The van der Waals surface area contributed by atoms with Crippen molar-refractivity contribution in [3.63, 3.8) is 0 Å². The van der Waals surface area contributed by atoms with E-state index in [1.165, 1.54) is 17.7 Å². The number of carbonyl (C=O) groups excluding carboxylic acids is 1. The van der Waals surface area contributed by atoms with Gasteiger partial charge in [-0.25, -0.2) is 9.18 Å². The molecule has 1 aromatic heterocycles. The minimum absolute atomic E-state index is 0.0311. The van der Waals surface area contributed by atoms with Crippen molar-refractivity contribution < 1.29 is 19.1 Å². The molecule has 1 atom stereocenters. The number of hydrogen-bond donors (Lipinski definition) is 2. The summed E-state index contributed by atoms with van der Waals surface area (Å²) in [6, 6.07) is 14.3. The van der Waals surface area contributed by atoms with Gasteiger partial charge in [-0.05, 0) is 55.0 Å². The van der Waals surface area contributed by atoms with Crippen LogP contribution in [0.5, 0.6) is 0 Å². The van der Waals surface area contributed by atoms with E-state index in [4.69, 9.17) is 0 Å². The lowest BCUT2D eigenvalue weighted by molar-refractivity contribution is -0.137. The number of amides is 2. The van der Waals surface area contributed by atoms with E-state index in [1.54, 1.807) is 22.6 Å². The van der Waals surface area contributed by atoms with Crippen molar-refractivity contribution in [1.82, 2.24) is 14.8 Å². The molecule has 31 heavy (non-hydrogen) atoms. The average molecular weight is 423 g/mol. The molecule has 4 rings (SSSR count). The summed E-state index contributed by atoms with van der Waals surface area (Å²) in [4.78, 5) is 25.8. The second-order valence-electron chi connectivity index (χ2n) is 8.04. The Kier molecular flexibility index (Phi) is 5.93. The summed E-state index contributed by atoms with van der Waals surface area (Å²) in [6.45, 7) is 0.395. The molecule has 6 nitrogen and oxygen atoms in total. The number of carbonyl (C=O) groups is 2. The monoisotopic (exact) mass is 423 g/mol. The Bertz CT molecular complexity index is 1110. The van der Waals surface area contributed by atoms with Gasteiger partial charge < -0.3 is 19.9 Å². The Labute approximate surface area is 180 Å². The summed E-state index contributed by atoms with van der Waals surface area (Å²) in [6.07, 6.45) is 2.71. The van der Waals surface area contributed by atoms with Gasteiger partial charge in [-0.3, -0.25) is 4.79 Å². The van der Waals surface area contributed by atoms with E-state index in [1.807, 2.05) is 30.3 Å². The number of nitrogens with one attached hydrogen (secondary N) is 1. The van der Waals surface area contributed by atoms with Gasteiger partial charge in [0.1, 0.15) is 12.4 Å². The number of hydrogen-bond acceptors (Lipinski definition) is 2. The minimum Gasteiger partial charge on any atom is -0.480 e. The number of carboxylic acids is 1. The second kappa shape index (κ2) is 8.79. The van der Waals surface area contributed by atoms with E-state index in [0.29, 0.717) is 19.4 Å². The van der Waals surface area contributed by atoms with Gasteiger partial charge >= 0.3 is 12.0 Å². The van der Waals surface area contributed by atoms with Gasteiger partial charge in [0.25, 0.3) is 0 Å². The third-order valence-corrected chi connectivity index (χ3v) is 6.10. The van der Waals surface area contributed by atoms with Gasteiger partial charge in [-0.15, -0.1) is 0 Å². The zero-order valence-corrected chi connectivity index (χ0v) is 17.5. The fourth-order valence-electron chi connectivity index (χ4n) is 4.50. The van der Waals surface area contributed by atoms with E-state index in [0.717, 1.165) is 35.0 Å². The van der Waals surface area contributed by atoms with Gasteiger partial charge in [0, 0.05) is 36.2 Å². The summed E-state index contributed by atoms with van der Waals surface area (Å²) in [7, 11) is 1.78. The van der Waals surface area contributed by atoms with Crippen LogP contribution < -0.4 is 5.32 Å². The summed E-state index contributed by atoms with van der Waals surface area (Å²) in [5.41, 5.74) is 3.76. The smallest absolute Gasteiger partial charge is 0.323 e. The molecular weight excluding hydrogens is 397 g/mol. The highest BCUT2D eigenvalue weighted by Gasteiger charge is 2.30. The fourth-order valence-corrected chi connectivity index (χ4v) is 4.50. The van der Waals surface area contributed by atoms with Crippen molar-refractivity contribution >= 4 is 22.9 Å². The molecule has 0 bridgehead atoms. The number of nitrogens with zero attached hydrogens (tertiary/aromatic N) is 2. The highest BCUT2D eigenvalue weighted by Crippen LogP contribution is 2.34. The number of halogens is 1. The van der Waals surface area contributed by atoms with Gasteiger partial charge in [0.15, 0.2) is 0 Å². The number of likely N-dealkylation sites (N-methyl/N-ethyl adjacent to an activating group) is 1. The first-order valence-electron chi connectivity index (χ1n) is 10.5. The van der Waals surface area contributed by atoms with Crippen LogP contribution in [0.1, 0.15) is 23.2 Å². The predicted octanol–water partition coefficient (Wildman–Crippen LogP) is 3.61. The number of carboxylic acid groups (broad SMARTS) is 1. The number of rotatable bonds is 6. The summed E-state index contributed by atoms with van der Waals surface area (Å²) in [5.74, 6) is -1.28. The molecule has 1 aliphatic carbocycles. The lowest BCUT2D eigenvalue weighted by Gasteiger charge is -2.32. The lowest BCUT2D eigenvalue weighted by atomic mass is 9.90. The van der Waals surface area contributed by atoms with Crippen LogP contribution in [0.3, 0.4) is 0 Å². The van der Waals surface area contributed by atoms with Gasteiger partial charge in [0.2, 0.25) is 0 Å². The number of aliphatic carboxylic acids is 1. The summed E-state index contributed by atoms with van der Waals surface area (Å²) >= 11 is 0. The molecule has 3 aromatic rings. The Hall–Kier alpha value is -3.35. The number of urea groups is 1. The van der Waals surface area contributed by atoms with Crippen molar-refractivity contribution in [2.24, 2.45) is 0 Å². The Morgan fingerprint density at radius 1 is 1.23 bits per heavy atom. The molecule has 0 aliphatic heterocycles. The summed E-state index contributed by atoms with van der Waals surface area (Å²) < 4.78 is 15.7. The fraction of sp³-hybridized carbons (Fsp3) is 0.333. The molecule has 2 aromatic carbocycles. The van der Waals surface area contributed by atoms with Crippen molar-refractivity contribution in [2.75, 3.05) is 13.6 Å². The third kappa shape index (κ3) is 4.40. The normalized spacial score (nSPS) is 15.5. The summed E-state index contributed by atoms with van der Waals surface area (Å²) in [5, 5.41) is 13.0. The van der Waals surface area contributed by atoms with Gasteiger partial charge in [-0.1, -0.05) is 30.3 Å². The highest BCUT2D eigenvalue weighted by atomic mass is 19.1. The van der Waals surface area contributed by atoms with Crippen LogP contribution in [0.2, 0.25) is 0 Å². The first-order valence-corrected chi connectivity index (χ1v) is 10.5. The standard InChI is InChI=1S/C24H26FN3O3/c1-27(24(31)26-12-11-16-5-3-2-4-6-16)18-8-10-22-20(14-18)19-13-17(25)7-9-21(19)28(22)15-23(29)30/h2-7,9,13,18H,8,10-12,14-15H2,1H3,(H,26,31)(H,29,30)/t18-/m1/s1. The van der Waals surface area contributed by atoms with Crippen LogP contribution in [-0.4, -0.2) is 46.2 Å². The van der Waals surface area contributed by atoms with Crippen LogP contribution in [0.25, 0.3) is 10.9 Å². The second-order valence-corrected chi connectivity index (χ2v) is 8.04. The van der Waals surface area contributed by atoms with Crippen molar-refractivity contribution in [3.8, 4) is 0 Å². The Morgan fingerprint density at radius 2 is 2.00 bits per heavy atom. The van der Waals surface area contributed by atoms with E-state index >= 15 is 0 Å². The maximum absolute atomic E-state index is 13.9. The van der Waals surface area contributed by atoms with Crippen LogP contribution in [0, 0.1) is 5.82 Å². The van der Waals surface area contributed by atoms with Crippen LogP contribution in [-0.2, 0) is 30.6 Å². The van der Waals surface area contributed by atoms with Crippen molar-refractivity contribution in [3.05, 3.63) is 71.2 Å². The minimum atomic E-state index is -0.930. The molecule has 0 saturated carbocycles. The molecule has 0 fully saturated rings. The average Bonchev–Trinajstić information content (AvgIpc) is 3.05.